The molecule has 0 bridgehead atoms. The molecule has 1 aromatic carbocycles. The Balaban J connectivity index is 1.52. The maximum atomic E-state index is 13.1. The second-order valence-corrected chi connectivity index (χ2v) is 6.38. The number of carbonyl (C=O) groups excluding carboxylic acids is 1. The minimum atomic E-state index is -1.04. The first kappa shape index (κ1) is 16.9. The van der Waals surface area contributed by atoms with E-state index in [1.165, 1.54) is 17.4 Å². The zero-order valence-electron chi connectivity index (χ0n) is 12.9. The molecule has 2 heterocycles. The van der Waals surface area contributed by atoms with Crippen LogP contribution in [-0.4, -0.2) is 42.1 Å². The van der Waals surface area contributed by atoms with E-state index in [-0.39, 0.29) is 12.1 Å². The lowest BCUT2D eigenvalue weighted by molar-refractivity contribution is 0.0337. The van der Waals surface area contributed by atoms with Gasteiger partial charge in [-0.15, -0.1) is 11.3 Å². The van der Waals surface area contributed by atoms with Crippen molar-refractivity contribution in [2.24, 2.45) is 0 Å². The molecule has 5 nitrogen and oxygen atoms in total. The number of ether oxygens (including phenoxy) is 1. The van der Waals surface area contributed by atoms with E-state index in [2.05, 4.69) is 15.2 Å². The molecule has 1 amide bonds. The van der Waals surface area contributed by atoms with Gasteiger partial charge in [0, 0.05) is 30.6 Å². The number of thiazole rings is 1. The Morgan fingerprint density at radius 2 is 2.08 bits per heavy atom. The first-order chi connectivity index (χ1) is 11.6. The molecule has 0 aliphatic carbocycles. The van der Waals surface area contributed by atoms with E-state index < -0.39 is 17.5 Å². The average Bonchev–Trinajstić information content (AvgIpc) is 3.03. The molecule has 3 rings (SSSR count). The number of rotatable bonds is 5. The van der Waals surface area contributed by atoms with Gasteiger partial charge in [-0.05, 0) is 18.2 Å². The van der Waals surface area contributed by atoms with Gasteiger partial charge in [-0.2, -0.15) is 0 Å². The van der Waals surface area contributed by atoms with Gasteiger partial charge in [-0.25, -0.2) is 13.8 Å². The van der Waals surface area contributed by atoms with Crippen LogP contribution >= 0.6 is 11.3 Å². The second-order valence-electron chi connectivity index (χ2n) is 5.43. The molecule has 1 N–H and O–H groups in total. The summed E-state index contributed by atoms with van der Waals surface area (Å²) in [4.78, 5) is 18.7. The summed E-state index contributed by atoms with van der Waals surface area (Å²) in [6.07, 6.45) is 0. The molecule has 128 valence electrons. The van der Waals surface area contributed by atoms with Crippen molar-refractivity contribution in [3.63, 3.8) is 0 Å². The predicted octanol–water partition coefficient (Wildman–Crippen LogP) is 2.18. The molecule has 0 saturated carbocycles. The molecular formula is C16H17F2N3O2S. The molecule has 1 saturated heterocycles. The Kier molecular flexibility index (Phi) is 5.49. The third-order valence-corrected chi connectivity index (χ3v) is 4.57. The van der Waals surface area contributed by atoms with Crippen LogP contribution in [0.15, 0.2) is 23.6 Å². The van der Waals surface area contributed by atoms with Crippen molar-refractivity contribution in [3.8, 4) is 0 Å². The molecule has 24 heavy (non-hydrogen) atoms. The Morgan fingerprint density at radius 3 is 2.83 bits per heavy atom. The van der Waals surface area contributed by atoms with Gasteiger partial charge < -0.3 is 10.1 Å². The van der Waals surface area contributed by atoms with Gasteiger partial charge in [0.05, 0.1) is 25.5 Å². The van der Waals surface area contributed by atoms with Crippen molar-refractivity contribution in [2.45, 2.75) is 13.1 Å². The molecule has 0 atom stereocenters. The van der Waals surface area contributed by atoms with Crippen LogP contribution in [-0.2, 0) is 17.8 Å². The Morgan fingerprint density at radius 1 is 1.29 bits per heavy atom. The predicted molar refractivity (Wildman–Crippen MR) is 85.7 cm³/mol. The van der Waals surface area contributed by atoms with E-state index in [0.29, 0.717) is 0 Å². The SMILES string of the molecule is O=C(NCc1nc(CN2CCOCC2)cs1)c1ccc(F)c(F)c1. The van der Waals surface area contributed by atoms with Crippen LogP contribution in [0.3, 0.4) is 0 Å². The fourth-order valence-corrected chi connectivity index (χ4v) is 3.11. The van der Waals surface area contributed by atoms with E-state index in [1.54, 1.807) is 0 Å². The summed E-state index contributed by atoms with van der Waals surface area (Å²) >= 11 is 1.46. The number of hydrogen-bond donors (Lipinski definition) is 1. The van der Waals surface area contributed by atoms with Crippen LogP contribution in [0.5, 0.6) is 0 Å². The summed E-state index contributed by atoms with van der Waals surface area (Å²) in [5.74, 6) is -2.47. The zero-order chi connectivity index (χ0) is 16.9. The largest absolute Gasteiger partial charge is 0.379 e. The van der Waals surface area contributed by atoms with Gasteiger partial charge in [0.25, 0.3) is 5.91 Å². The number of benzene rings is 1. The summed E-state index contributed by atoms with van der Waals surface area (Å²) in [5.41, 5.74) is 1.04. The number of halogens is 2. The second kappa shape index (κ2) is 7.78. The monoisotopic (exact) mass is 353 g/mol. The number of amides is 1. The molecule has 8 heteroatoms. The molecule has 1 aliphatic rings. The summed E-state index contributed by atoms with van der Waals surface area (Å²) < 4.78 is 31.3. The molecule has 1 aromatic heterocycles. The van der Waals surface area contributed by atoms with Gasteiger partial charge in [0.2, 0.25) is 0 Å². The Hall–Kier alpha value is -1.90. The van der Waals surface area contributed by atoms with Crippen molar-refractivity contribution < 1.29 is 18.3 Å². The third-order valence-electron chi connectivity index (χ3n) is 3.67. The lowest BCUT2D eigenvalue weighted by Crippen LogP contribution is -2.35. The first-order valence-electron chi connectivity index (χ1n) is 7.58. The van der Waals surface area contributed by atoms with Crippen LogP contribution in [0.2, 0.25) is 0 Å². The maximum absolute atomic E-state index is 13.1. The molecule has 0 unspecified atom stereocenters. The highest BCUT2D eigenvalue weighted by atomic mass is 32.1. The van der Waals surface area contributed by atoms with Crippen molar-refractivity contribution in [1.82, 2.24) is 15.2 Å². The highest BCUT2D eigenvalue weighted by Gasteiger charge is 2.13. The fraction of sp³-hybridized carbons (Fsp3) is 0.375. The molecule has 1 fully saturated rings. The summed E-state index contributed by atoms with van der Waals surface area (Å²) in [5, 5.41) is 5.40. The molecule has 1 aliphatic heterocycles. The standard InChI is InChI=1S/C16H17F2N3O2S/c17-13-2-1-11(7-14(13)18)16(22)19-8-15-20-12(10-24-15)9-21-3-5-23-6-4-21/h1-2,7,10H,3-6,8-9H2,(H,19,22). The summed E-state index contributed by atoms with van der Waals surface area (Å²) in [6.45, 7) is 4.27. The maximum Gasteiger partial charge on any atom is 0.251 e. The average molecular weight is 353 g/mol. The van der Waals surface area contributed by atoms with Crippen LogP contribution in [0.25, 0.3) is 0 Å². The Labute approximate surface area is 142 Å². The minimum Gasteiger partial charge on any atom is -0.379 e. The molecule has 2 aromatic rings. The van der Waals surface area contributed by atoms with E-state index >= 15 is 0 Å². The van der Waals surface area contributed by atoms with Gasteiger partial charge in [-0.1, -0.05) is 0 Å². The minimum absolute atomic E-state index is 0.0824. The van der Waals surface area contributed by atoms with Gasteiger partial charge in [-0.3, -0.25) is 9.69 Å². The van der Waals surface area contributed by atoms with E-state index in [1.807, 2.05) is 5.38 Å². The van der Waals surface area contributed by atoms with E-state index in [4.69, 9.17) is 4.74 Å². The number of nitrogens with zero attached hydrogens (tertiary/aromatic N) is 2. The van der Waals surface area contributed by atoms with Gasteiger partial charge in [0.1, 0.15) is 5.01 Å². The topological polar surface area (TPSA) is 54.5 Å². The van der Waals surface area contributed by atoms with Crippen molar-refractivity contribution in [3.05, 3.63) is 51.5 Å². The number of nitrogens with one attached hydrogen (secondary N) is 1. The normalized spacial score (nSPS) is 15.4. The smallest absolute Gasteiger partial charge is 0.251 e. The lowest BCUT2D eigenvalue weighted by Gasteiger charge is -2.25. The fourth-order valence-electron chi connectivity index (χ4n) is 2.39. The number of aromatic nitrogens is 1. The highest BCUT2D eigenvalue weighted by Crippen LogP contribution is 2.13. The van der Waals surface area contributed by atoms with E-state index in [0.717, 1.165) is 55.7 Å². The molecular weight excluding hydrogens is 336 g/mol. The number of carbonyl (C=O) groups is 1. The lowest BCUT2D eigenvalue weighted by atomic mass is 10.2. The van der Waals surface area contributed by atoms with Crippen molar-refractivity contribution in [2.75, 3.05) is 26.3 Å². The highest BCUT2D eigenvalue weighted by molar-refractivity contribution is 7.09. The van der Waals surface area contributed by atoms with E-state index in [9.17, 15) is 13.6 Å². The quantitative estimate of drug-likeness (QED) is 0.895. The summed E-state index contributed by atoms with van der Waals surface area (Å²) in [6, 6.07) is 3.07. The Bertz CT molecular complexity index is 717. The third kappa shape index (κ3) is 4.34. The van der Waals surface area contributed by atoms with Crippen molar-refractivity contribution in [1.29, 1.82) is 0 Å². The number of morpholine rings is 1. The summed E-state index contributed by atoms with van der Waals surface area (Å²) in [7, 11) is 0. The van der Waals surface area contributed by atoms with Crippen molar-refractivity contribution >= 4 is 17.2 Å². The van der Waals surface area contributed by atoms with Crippen LogP contribution < -0.4 is 5.32 Å². The molecule has 0 radical (unpaired) electrons. The van der Waals surface area contributed by atoms with Gasteiger partial charge >= 0.3 is 0 Å². The van der Waals surface area contributed by atoms with Crippen LogP contribution in [0, 0.1) is 11.6 Å². The van der Waals surface area contributed by atoms with Crippen LogP contribution in [0.1, 0.15) is 21.1 Å². The van der Waals surface area contributed by atoms with Gasteiger partial charge in [0.15, 0.2) is 11.6 Å². The van der Waals surface area contributed by atoms with Crippen LogP contribution in [0.4, 0.5) is 8.78 Å². The first-order valence-corrected chi connectivity index (χ1v) is 8.46. The number of hydrogen-bond acceptors (Lipinski definition) is 5. The zero-order valence-corrected chi connectivity index (χ0v) is 13.7. The molecule has 0 spiro atoms.